The molecular formula is C16H12BrN3O2S. The zero-order chi connectivity index (χ0) is 15.3. The lowest BCUT2D eigenvalue weighted by Gasteiger charge is -1.97. The number of non-ortho nitro benzene ring substituents is 1. The number of aryl methyl sites for hydroxylation is 1. The van der Waals surface area contributed by atoms with Crippen LogP contribution in [-0.2, 0) is 0 Å². The molecule has 116 valence electrons. The third-order valence-corrected chi connectivity index (χ3v) is 4.65. The van der Waals surface area contributed by atoms with E-state index < -0.39 is 0 Å². The summed E-state index contributed by atoms with van der Waals surface area (Å²) in [6.45, 7) is 2.05. The molecule has 2 aromatic heterocycles. The lowest BCUT2D eigenvalue weighted by Crippen LogP contribution is -1.86. The molecule has 5 nitrogen and oxygen atoms in total. The molecule has 0 aliphatic carbocycles. The summed E-state index contributed by atoms with van der Waals surface area (Å²) >= 11 is 1.46. The number of halogens is 1. The second kappa shape index (κ2) is 5.75. The van der Waals surface area contributed by atoms with Gasteiger partial charge in [-0.3, -0.25) is 14.5 Å². The van der Waals surface area contributed by atoms with Crippen molar-refractivity contribution in [1.29, 1.82) is 0 Å². The number of hydrogen-bond acceptors (Lipinski definition) is 4. The Balaban J connectivity index is 0.00000156. The smallest absolute Gasteiger partial charge is 0.270 e. The number of hydrogen-bond donors (Lipinski definition) is 0. The van der Waals surface area contributed by atoms with E-state index in [9.17, 15) is 10.1 Å². The highest BCUT2D eigenvalue weighted by Gasteiger charge is 2.13. The zero-order valence-corrected chi connectivity index (χ0v) is 14.6. The zero-order valence-electron chi connectivity index (χ0n) is 12.1. The van der Waals surface area contributed by atoms with Crippen LogP contribution >= 0.6 is 28.3 Å². The molecule has 0 radical (unpaired) electrons. The first-order chi connectivity index (χ1) is 10.6. The fraction of sp³-hybridized carbons (Fsp3) is 0.0625. The molecule has 0 N–H and O–H groups in total. The highest BCUT2D eigenvalue weighted by molar-refractivity contribution is 8.93. The van der Waals surface area contributed by atoms with E-state index in [1.807, 2.05) is 10.6 Å². The summed E-state index contributed by atoms with van der Waals surface area (Å²) in [6, 6.07) is 13.1. The minimum Gasteiger partial charge on any atom is -0.290 e. The topological polar surface area (TPSA) is 60.4 Å². The van der Waals surface area contributed by atoms with Gasteiger partial charge in [0.05, 0.1) is 20.8 Å². The summed E-state index contributed by atoms with van der Waals surface area (Å²) in [4.78, 5) is 16.0. The van der Waals surface area contributed by atoms with Crippen LogP contribution in [0.2, 0.25) is 0 Å². The average Bonchev–Trinajstić information content (AvgIpc) is 3.04. The Morgan fingerprint density at radius 1 is 1.17 bits per heavy atom. The third-order valence-electron chi connectivity index (χ3n) is 3.64. The average molecular weight is 390 g/mol. The molecule has 2 heterocycles. The van der Waals surface area contributed by atoms with Gasteiger partial charge in [-0.05, 0) is 13.0 Å². The van der Waals surface area contributed by atoms with Crippen LogP contribution in [0.1, 0.15) is 5.56 Å². The minimum atomic E-state index is -0.375. The summed E-state index contributed by atoms with van der Waals surface area (Å²) in [5, 5.41) is 10.9. The summed E-state index contributed by atoms with van der Waals surface area (Å²) < 4.78 is 2.85. The highest BCUT2D eigenvalue weighted by atomic mass is 79.9. The van der Waals surface area contributed by atoms with Crippen molar-refractivity contribution in [2.45, 2.75) is 6.92 Å². The maximum absolute atomic E-state index is 10.9. The Morgan fingerprint density at radius 2 is 1.91 bits per heavy atom. The van der Waals surface area contributed by atoms with Crippen molar-refractivity contribution in [3.05, 3.63) is 64.3 Å². The van der Waals surface area contributed by atoms with Gasteiger partial charge in [-0.15, -0.1) is 17.0 Å². The molecule has 0 aliphatic rings. The van der Waals surface area contributed by atoms with Gasteiger partial charge in [0.15, 0.2) is 4.96 Å². The Morgan fingerprint density at radius 3 is 2.61 bits per heavy atom. The molecule has 0 aliphatic heterocycles. The molecule has 0 atom stereocenters. The quantitative estimate of drug-likeness (QED) is 0.357. The van der Waals surface area contributed by atoms with Gasteiger partial charge in [-0.1, -0.05) is 41.2 Å². The van der Waals surface area contributed by atoms with Gasteiger partial charge < -0.3 is 0 Å². The van der Waals surface area contributed by atoms with Gasteiger partial charge in [-0.2, -0.15) is 0 Å². The van der Waals surface area contributed by atoms with E-state index in [1.165, 1.54) is 23.0 Å². The number of imidazole rings is 1. The van der Waals surface area contributed by atoms with Crippen LogP contribution in [0.3, 0.4) is 0 Å². The molecule has 0 spiro atoms. The highest BCUT2D eigenvalue weighted by Crippen LogP contribution is 2.31. The summed E-state index contributed by atoms with van der Waals surface area (Å²) in [6.07, 6.45) is 1.98. The Hall–Kier alpha value is -2.25. The maximum Gasteiger partial charge on any atom is 0.270 e. The lowest BCUT2D eigenvalue weighted by molar-refractivity contribution is -0.384. The van der Waals surface area contributed by atoms with Crippen LogP contribution in [-0.4, -0.2) is 14.3 Å². The number of thiazole rings is 1. The van der Waals surface area contributed by atoms with E-state index in [0.29, 0.717) is 0 Å². The van der Waals surface area contributed by atoms with Crippen molar-refractivity contribution >= 4 is 49.2 Å². The van der Waals surface area contributed by atoms with Crippen LogP contribution < -0.4 is 0 Å². The second-order valence-corrected chi connectivity index (χ2v) is 6.17. The molecule has 4 rings (SSSR count). The largest absolute Gasteiger partial charge is 0.290 e. The third kappa shape index (κ3) is 2.62. The number of nitrogens with zero attached hydrogens (tertiary/aromatic N) is 3. The van der Waals surface area contributed by atoms with Crippen molar-refractivity contribution in [3.8, 4) is 11.3 Å². The van der Waals surface area contributed by atoms with Crippen LogP contribution in [0.5, 0.6) is 0 Å². The standard InChI is InChI=1S/C16H11N3O2S.BrH/c1-10-2-4-11(5-3-10)13-9-18-14-7-6-12(19(20)21)8-15(14)22-16(18)17-13;/h2-9H,1H3;1H. The van der Waals surface area contributed by atoms with Crippen molar-refractivity contribution in [2.75, 3.05) is 0 Å². The number of nitro benzene ring substituents is 1. The van der Waals surface area contributed by atoms with Gasteiger partial charge in [0.1, 0.15) is 0 Å². The van der Waals surface area contributed by atoms with Gasteiger partial charge in [0, 0.05) is 23.9 Å². The van der Waals surface area contributed by atoms with Crippen molar-refractivity contribution in [3.63, 3.8) is 0 Å². The summed E-state index contributed by atoms with van der Waals surface area (Å²) in [7, 11) is 0. The molecule has 4 aromatic rings. The number of fused-ring (bicyclic) bond motifs is 3. The molecule has 23 heavy (non-hydrogen) atoms. The predicted octanol–water partition coefficient (Wildman–Crippen LogP) is 5.01. The lowest BCUT2D eigenvalue weighted by atomic mass is 10.1. The van der Waals surface area contributed by atoms with E-state index in [1.54, 1.807) is 12.1 Å². The first kappa shape index (κ1) is 15.6. The molecule has 0 saturated carbocycles. The molecule has 0 amide bonds. The van der Waals surface area contributed by atoms with Crippen molar-refractivity contribution in [2.24, 2.45) is 0 Å². The number of benzene rings is 2. The summed E-state index contributed by atoms with van der Waals surface area (Å²) in [5.74, 6) is 0. The molecule has 0 unspecified atom stereocenters. The molecule has 2 aromatic carbocycles. The number of rotatable bonds is 2. The Bertz CT molecular complexity index is 1020. The SMILES string of the molecule is Br.Cc1ccc(-c2cn3c(n2)sc2cc([N+](=O)[O-])ccc23)cc1. The second-order valence-electron chi connectivity index (χ2n) is 5.16. The normalized spacial score (nSPS) is 10.8. The molecule has 7 heteroatoms. The fourth-order valence-corrected chi connectivity index (χ4v) is 3.51. The van der Waals surface area contributed by atoms with Crippen molar-refractivity contribution in [1.82, 2.24) is 9.38 Å². The Labute approximate surface area is 146 Å². The monoisotopic (exact) mass is 389 g/mol. The van der Waals surface area contributed by atoms with Gasteiger partial charge in [0.25, 0.3) is 5.69 Å². The van der Waals surface area contributed by atoms with E-state index in [-0.39, 0.29) is 27.6 Å². The van der Waals surface area contributed by atoms with E-state index in [4.69, 9.17) is 0 Å². The Kier molecular flexibility index (Phi) is 3.91. The molecule has 0 bridgehead atoms. The predicted molar refractivity (Wildman–Crippen MR) is 97.7 cm³/mol. The molecule has 0 saturated heterocycles. The van der Waals surface area contributed by atoms with E-state index in [2.05, 4.69) is 36.2 Å². The maximum atomic E-state index is 10.9. The number of nitro groups is 1. The molecule has 0 fully saturated rings. The fourth-order valence-electron chi connectivity index (χ4n) is 2.47. The van der Waals surface area contributed by atoms with Crippen LogP contribution in [0, 0.1) is 17.0 Å². The number of aromatic nitrogens is 2. The van der Waals surface area contributed by atoms with Crippen LogP contribution in [0.4, 0.5) is 5.69 Å². The van der Waals surface area contributed by atoms with Crippen molar-refractivity contribution < 1.29 is 4.92 Å². The van der Waals surface area contributed by atoms with Gasteiger partial charge in [-0.25, -0.2) is 4.98 Å². The first-order valence-electron chi connectivity index (χ1n) is 6.75. The first-order valence-corrected chi connectivity index (χ1v) is 7.56. The summed E-state index contributed by atoms with van der Waals surface area (Å²) in [5.41, 5.74) is 4.23. The van der Waals surface area contributed by atoms with Gasteiger partial charge >= 0.3 is 0 Å². The van der Waals surface area contributed by atoms with Crippen LogP contribution in [0.25, 0.3) is 26.4 Å². The van der Waals surface area contributed by atoms with Gasteiger partial charge in [0.2, 0.25) is 0 Å². The van der Waals surface area contributed by atoms with E-state index in [0.717, 1.165) is 26.4 Å². The minimum absolute atomic E-state index is 0. The van der Waals surface area contributed by atoms with E-state index >= 15 is 0 Å². The van der Waals surface area contributed by atoms with Crippen LogP contribution in [0.15, 0.2) is 48.7 Å². The molecular weight excluding hydrogens is 378 g/mol.